The van der Waals surface area contributed by atoms with Crippen LogP contribution in [-0.4, -0.2) is 29.1 Å². The van der Waals surface area contributed by atoms with E-state index in [1.165, 1.54) is 14.0 Å². The van der Waals surface area contributed by atoms with Crippen molar-refractivity contribution < 1.29 is 9.53 Å². The molecule has 0 radical (unpaired) electrons. The summed E-state index contributed by atoms with van der Waals surface area (Å²) in [5.74, 6) is -0.368. The van der Waals surface area contributed by atoms with Crippen LogP contribution < -0.4 is 11.2 Å². The van der Waals surface area contributed by atoms with Gasteiger partial charge in [0.15, 0.2) is 5.78 Å². The third-order valence-electron chi connectivity index (χ3n) is 2.58. The van der Waals surface area contributed by atoms with Crippen LogP contribution in [0.2, 0.25) is 0 Å². The molecule has 6 heteroatoms. The van der Waals surface area contributed by atoms with Crippen LogP contribution in [0, 0.1) is 0 Å². The molecule has 1 N–H and O–H groups in total. The maximum Gasteiger partial charge on any atom is 0.328 e. The number of carbonyl (C=O) groups is 1. The number of hydrogen-bond acceptors (Lipinski definition) is 4. The lowest BCUT2D eigenvalue weighted by Gasteiger charge is -2.16. The molecular formula is C11H16N2O4. The first kappa shape index (κ1) is 13.4. The predicted molar refractivity (Wildman–Crippen MR) is 62.5 cm³/mol. The minimum Gasteiger partial charge on any atom is -0.383 e. The average molecular weight is 240 g/mol. The number of aromatic amines is 1. The van der Waals surface area contributed by atoms with Gasteiger partial charge in [-0.15, -0.1) is 0 Å². The van der Waals surface area contributed by atoms with Gasteiger partial charge >= 0.3 is 5.69 Å². The van der Waals surface area contributed by atoms with Gasteiger partial charge in [0, 0.05) is 13.3 Å². The fraction of sp³-hybridized carbons (Fsp3) is 0.545. The largest absolute Gasteiger partial charge is 0.383 e. The van der Waals surface area contributed by atoms with E-state index in [0.29, 0.717) is 6.42 Å². The van der Waals surface area contributed by atoms with E-state index in [4.69, 9.17) is 4.74 Å². The fourth-order valence-corrected chi connectivity index (χ4v) is 1.64. The highest BCUT2D eigenvalue weighted by atomic mass is 16.5. The van der Waals surface area contributed by atoms with Gasteiger partial charge in [-0.1, -0.05) is 6.92 Å². The number of nitrogens with zero attached hydrogens (tertiary/aromatic N) is 1. The van der Waals surface area contributed by atoms with E-state index in [1.54, 1.807) is 0 Å². The number of Topliss-reactive ketones (excluding diaryl/α,β-unsaturated/α-hetero) is 1. The molecular weight excluding hydrogens is 224 g/mol. The monoisotopic (exact) mass is 240 g/mol. The molecule has 0 saturated carbocycles. The van der Waals surface area contributed by atoms with Crippen LogP contribution in [0.3, 0.4) is 0 Å². The molecule has 1 unspecified atom stereocenters. The summed E-state index contributed by atoms with van der Waals surface area (Å²) in [6.07, 6.45) is 1.72. The Morgan fingerprint density at radius 1 is 1.53 bits per heavy atom. The number of ketones is 1. The molecule has 0 amide bonds. The molecule has 0 aliphatic carbocycles. The van der Waals surface area contributed by atoms with E-state index in [-0.39, 0.29) is 24.0 Å². The maximum atomic E-state index is 12.0. The summed E-state index contributed by atoms with van der Waals surface area (Å²) < 4.78 is 6.00. The lowest BCUT2D eigenvalue weighted by Crippen LogP contribution is -2.41. The highest BCUT2D eigenvalue weighted by Gasteiger charge is 2.17. The summed E-state index contributed by atoms with van der Waals surface area (Å²) in [6, 6.07) is -0.365. The fourth-order valence-electron chi connectivity index (χ4n) is 1.64. The Morgan fingerprint density at radius 3 is 2.65 bits per heavy atom. The molecule has 17 heavy (non-hydrogen) atoms. The van der Waals surface area contributed by atoms with Gasteiger partial charge in [0.05, 0.1) is 18.2 Å². The second-order valence-corrected chi connectivity index (χ2v) is 3.76. The number of rotatable bonds is 5. The van der Waals surface area contributed by atoms with Crippen molar-refractivity contribution in [1.82, 2.24) is 9.55 Å². The van der Waals surface area contributed by atoms with Gasteiger partial charge in [-0.25, -0.2) is 4.79 Å². The van der Waals surface area contributed by atoms with Crippen LogP contribution in [0.5, 0.6) is 0 Å². The third kappa shape index (κ3) is 2.71. The summed E-state index contributed by atoms with van der Waals surface area (Å²) in [7, 11) is 1.50. The lowest BCUT2D eigenvalue weighted by atomic mass is 10.2. The van der Waals surface area contributed by atoms with E-state index >= 15 is 0 Å². The minimum absolute atomic E-state index is 0.0147. The Hall–Kier alpha value is -1.69. The molecule has 0 aromatic carbocycles. The Balaban J connectivity index is 3.41. The van der Waals surface area contributed by atoms with Crippen molar-refractivity contribution in [2.24, 2.45) is 0 Å². The lowest BCUT2D eigenvalue weighted by molar-refractivity contribution is 0.101. The number of ether oxygens (including phenoxy) is 1. The van der Waals surface area contributed by atoms with Crippen molar-refractivity contribution in [3.8, 4) is 0 Å². The zero-order valence-electron chi connectivity index (χ0n) is 10.1. The Labute approximate surface area is 98.2 Å². The van der Waals surface area contributed by atoms with Gasteiger partial charge in [-0.3, -0.25) is 14.2 Å². The normalized spacial score (nSPS) is 12.4. The first-order chi connectivity index (χ1) is 8.02. The highest BCUT2D eigenvalue weighted by molar-refractivity contribution is 5.93. The van der Waals surface area contributed by atoms with E-state index in [2.05, 4.69) is 4.98 Å². The SMILES string of the molecule is CCC(COC)n1c(=O)[nH]cc(C(C)=O)c1=O. The van der Waals surface area contributed by atoms with Crippen LogP contribution in [0.1, 0.15) is 36.7 Å². The average Bonchev–Trinajstić information content (AvgIpc) is 2.27. The number of hydrogen-bond donors (Lipinski definition) is 1. The van der Waals surface area contributed by atoms with Crippen molar-refractivity contribution in [2.45, 2.75) is 26.3 Å². The van der Waals surface area contributed by atoms with E-state index in [9.17, 15) is 14.4 Å². The smallest absolute Gasteiger partial charge is 0.328 e. The minimum atomic E-state index is -0.565. The molecule has 1 atom stereocenters. The Bertz CT molecular complexity index is 515. The molecule has 0 spiro atoms. The number of aromatic nitrogens is 2. The van der Waals surface area contributed by atoms with Gasteiger partial charge < -0.3 is 9.72 Å². The molecule has 0 aliphatic rings. The number of methoxy groups -OCH3 is 1. The summed E-state index contributed by atoms with van der Waals surface area (Å²) >= 11 is 0. The summed E-state index contributed by atoms with van der Waals surface area (Å²) in [4.78, 5) is 37.2. The second kappa shape index (κ2) is 5.58. The van der Waals surface area contributed by atoms with Crippen molar-refractivity contribution in [1.29, 1.82) is 0 Å². The third-order valence-corrected chi connectivity index (χ3v) is 2.58. The van der Waals surface area contributed by atoms with E-state index in [0.717, 1.165) is 10.8 Å². The molecule has 1 rings (SSSR count). The Kier molecular flexibility index (Phi) is 4.39. The predicted octanol–water partition coefficient (Wildman–Crippen LogP) is 0.337. The summed E-state index contributed by atoms with van der Waals surface area (Å²) in [5.41, 5.74) is -1.10. The van der Waals surface area contributed by atoms with Crippen LogP contribution in [0.4, 0.5) is 0 Å². The molecule has 0 bridgehead atoms. The zero-order chi connectivity index (χ0) is 13.0. The Morgan fingerprint density at radius 2 is 2.18 bits per heavy atom. The van der Waals surface area contributed by atoms with Crippen molar-refractivity contribution >= 4 is 5.78 Å². The zero-order valence-corrected chi connectivity index (χ0v) is 10.1. The molecule has 0 aliphatic heterocycles. The molecule has 94 valence electrons. The quantitative estimate of drug-likeness (QED) is 0.752. The van der Waals surface area contributed by atoms with Gasteiger partial charge in [0.1, 0.15) is 0 Å². The standard InChI is InChI=1S/C11H16N2O4/c1-4-8(6-17-3)13-10(15)9(7(2)14)5-12-11(13)16/h5,8H,4,6H2,1-3H3,(H,12,16). The van der Waals surface area contributed by atoms with E-state index < -0.39 is 11.2 Å². The highest BCUT2D eigenvalue weighted by Crippen LogP contribution is 2.06. The maximum absolute atomic E-state index is 12.0. The van der Waals surface area contributed by atoms with Crippen molar-refractivity contribution in [3.05, 3.63) is 32.6 Å². The number of nitrogens with one attached hydrogen (secondary N) is 1. The van der Waals surface area contributed by atoms with Crippen LogP contribution >= 0.6 is 0 Å². The van der Waals surface area contributed by atoms with Crippen LogP contribution in [0.15, 0.2) is 15.8 Å². The first-order valence-corrected chi connectivity index (χ1v) is 5.37. The van der Waals surface area contributed by atoms with Gasteiger partial charge in [0.2, 0.25) is 0 Å². The van der Waals surface area contributed by atoms with Crippen molar-refractivity contribution in [2.75, 3.05) is 13.7 Å². The second-order valence-electron chi connectivity index (χ2n) is 3.76. The first-order valence-electron chi connectivity index (χ1n) is 5.37. The van der Waals surface area contributed by atoms with Gasteiger partial charge in [0.25, 0.3) is 5.56 Å². The molecule has 1 aromatic heterocycles. The molecule has 1 aromatic rings. The summed E-state index contributed by atoms with van der Waals surface area (Å²) in [5, 5.41) is 0. The molecule has 0 fully saturated rings. The van der Waals surface area contributed by atoms with Crippen molar-refractivity contribution in [3.63, 3.8) is 0 Å². The topological polar surface area (TPSA) is 81.2 Å². The van der Waals surface area contributed by atoms with E-state index in [1.807, 2.05) is 6.92 Å². The molecule has 1 heterocycles. The van der Waals surface area contributed by atoms with Gasteiger partial charge in [-0.05, 0) is 13.3 Å². The number of H-pyrrole nitrogens is 1. The van der Waals surface area contributed by atoms with Gasteiger partial charge in [-0.2, -0.15) is 0 Å². The summed E-state index contributed by atoms with van der Waals surface area (Å²) in [6.45, 7) is 3.38. The molecule has 6 nitrogen and oxygen atoms in total. The number of carbonyl (C=O) groups excluding carboxylic acids is 1. The van der Waals surface area contributed by atoms with Crippen LogP contribution in [0.25, 0.3) is 0 Å². The molecule has 0 saturated heterocycles. The van der Waals surface area contributed by atoms with Crippen LogP contribution in [-0.2, 0) is 4.74 Å².